The van der Waals surface area contributed by atoms with E-state index in [9.17, 15) is 0 Å². The molecule has 7 nitrogen and oxygen atoms in total. The third-order valence-electron chi connectivity index (χ3n) is 4.49. The second-order valence-corrected chi connectivity index (χ2v) is 7.66. The molecule has 0 bridgehead atoms. The predicted molar refractivity (Wildman–Crippen MR) is 109 cm³/mol. The molecule has 1 aliphatic rings. The maximum Gasteiger partial charge on any atom is 0.191 e. The Balaban J connectivity index is 1.51. The number of thioether (sulfide) groups is 1. The molecule has 1 aromatic heterocycles. The highest BCUT2D eigenvalue weighted by molar-refractivity contribution is 7.99. The first kappa shape index (κ1) is 19.7. The first-order valence-electron chi connectivity index (χ1n) is 9.39. The van der Waals surface area contributed by atoms with Gasteiger partial charge in [-0.25, -0.2) is 4.99 Å². The van der Waals surface area contributed by atoms with Gasteiger partial charge in [0.2, 0.25) is 0 Å². The maximum absolute atomic E-state index is 5.70. The minimum atomic E-state index is 0.271. The molecule has 3 rings (SSSR count). The Morgan fingerprint density at radius 2 is 2.15 bits per heavy atom. The number of aliphatic imine (C=N–C) groups is 1. The minimum Gasteiger partial charge on any atom is -0.376 e. The fraction of sp³-hybridized carbons (Fsp3) is 0.526. The molecule has 8 heteroatoms. The van der Waals surface area contributed by atoms with Crippen molar-refractivity contribution in [1.29, 1.82) is 0 Å². The van der Waals surface area contributed by atoms with Gasteiger partial charge in [0.05, 0.1) is 6.10 Å². The summed E-state index contributed by atoms with van der Waals surface area (Å²) in [6.07, 6.45) is 2.51. The van der Waals surface area contributed by atoms with E-state index in [1.807, 2.05) is 36.4 Å². The van der Waals surface area contributed by atoms with Crippen molar-refractivity contribution in [3.63, 3.8) is 0 Å². The number of nitrogens with one attached hydrogen (secondary N) is 2. The molecule has 2 heterocycles. The molecule has 2 aromatic rings. The number of hydrogen-bond acceptors (Lipinski definition) is 5. The highest BCUT2D eigenvalue weighted by atomic mass is 32.2. The number of rotatable bonds is 8. The van der Waals surface area contributed by atoms with Gasteiger partial charge in [0, 0.05) is 37.4 Å². The summed E-state index contributed by atoms with van der Waals surface area (Å²) in [4.78, 5) is 5.96. The fourth-order valence-corrected chi connectivity index (χ4v) is 3.57. The van der Waals surface area contributed by atoms with Gasteiger partial charge < -0.3 is 19.9 Å². The van der Waals surface area contributed by atoms with Crippen LogP contribution in [0, 0.1) is 6.92 Å². The third kappa shape index (κ3) is 6.25. The van der Waals surface area contributed by atoms with Crippen LogP contribution in [0.25, 0.3) is 0 Å². The van der Waals surface area contributed by atoms with E-state index in [-0.39, 0.29) is 6.10 Å². The van der Waals surface area contributed by atoms with E-state index < -0.39 is 0 Å². The Hall–Kier alpha value is -2.06. The van der Waals surface area contributed by atoms with E-state index in [4.69, 9.17) is 4.74 Å². The standard InChI is InChI=1S/C19H28N6OS/c1-15-23-24-18(25(15)2)14-22-19(21-13-16-7-6-11-26-16)20-10-12-27-17-8-4-3-5-9-17/h3-5,8-9,16H,6-7,10-14H2,1-2H3,(H2,20,21,22). The zero-order chi connectivity index (χ0) is 18.9. The number of nitrogens with zero attached hydrogens (tertiary/aromatic N) is 4. The molecule has 1 unspecified atom stereocenters. The summed E-state index contributed by atoms with van der Waals surface area (Å²) in [5.41, 5.74) is 0. The van der Waals surface area contributed by atoms with Crippen molar-refractivity contribution < 1.29 is 4.74 Å². The molecule has 0 aliphatic carbocycles. The normalized spacial score (nSPS) is 17.3. The maximum atomic E-state index is 5.70. The summed E-state index contributed by atoms with van der Waals surface area (Å²) >= 11 is 1.83. The van der Waals surface area contributed by atoms with Crippen molar-refractivity contribution in [2.45, 2.75) is 37.3 Å². The quantitative estimate of drug-likeness (QED) is 0.312. The summed E-state index contributed by atoms with van der Waals surface area (Å²) < 4.78 is 7.66. The molecule has 1 saturated heterocycles. The highest BCUT2D eigenvalue weighted by Crippen LogP contribution is 2.15. The van der Waals surface area contributed by atoms with Crippen LogP contribution in [0.15, 0.2) is 40.2 Å². The second-order valence-electron chi connectivity index (χ2n) is 6.49. The van der Waals surface area contributed by atoms with E-state index in [1.165, 1.54) is 4.90 Å². The van der Waals surface area contributed by atoms with Gasteiger partial charge in [-0.3, -0.25) is 0 Å². The largest absolute Gasteiger partial charge is 0.376 e. The van der Waals surface area contributed by atoms with Crippen LogP contribution in [0.4, 0.5) is 0 Å². The van der Waals surface area contributed by atoms with Crippen LogP contribution in [0.1, 0.15) is 24.5 Å². The first-order valence-corrected chi connectivity index (χ1v) is 10.4. The Bertz CT molecular complexity index is 727. The van der Waals surface area contributed by atoms with E-state index in [2.05, 4.69) is 50.1 Å². The van der Waals surface area contributed by atoms with Gasteiger partial charge in [0.15, 0.2) is 11.8 Å². The van der Waals surface area contributed by atoms with Crippen LogP contribution < -0.4 is 10.6 Å². The van der Waals surface area contributed by atoms with E-state index in [1.54, 1.807) is 0 Å². The number of benzene rings is 1. The van der Waals surface area contributed by atoms with Gasteiger partial charge in [-0.1, -0.05) is 18.2 Å². The molecule has 2 N–H and O–H groups in total. The van der Waals surface area contributed by atoms with Gasteiger partial charge in [0.25, 0.3) is 0 Å². The van der Waals surface area contributed by atoms with Crippen molar-refractivity contribution in [3.8, 4) is 0 Å². The summed E-state index contributed by atoms with van der Waals surface area (Å²) in [7, 11) is 1.96. The van der Waals surface area contributed by atoms with Crippen molar-refractivity contribution in [3.05, 3.63) is 42.0 Å². The molecule has 146 valence electrons. The number of hydrogen-bond donors (Lipinski definition) is 2. The van der Waals surface area contributed by atoms with E-state index in [0.29, 0.717) is 6.54 Å². The molecular formula is C19H28N6OS. The number of aryl methyl sites for hydroxylation is 1. The second kappa shape index (κ2) is 10.3. The Morgan fingerprint density at radius 3 is 2.85 bits per heavy atom. The average Bonchev–Trinajstić information content (AvgIpc) is 3.32. The first-order chi connectivity index (χ1) is 13.2. The Labute approximate surface area is 165 Å². The Kier molecular flexibility index (Phi) is 7.53. The van der Waals surface area contributed by atoms with E-state index >= 15 is 0 Å². The number of guanidine groups is 1. The van der Waals surface area contributed by atoms with Gasteiger partial charge in [0.1, 0.15) is 12.4 Å². The van der Waals surface area contributed by atoms with Crippen molar-refractivity contribution in [2.24, 2.45) is 12.0 Å². The lowest BCUT2D eigenvalue weighted by molar-refractivity contribution is 0.114. The molecule has 0 spiro atoms. The highest BCUT2D eigenvalue weighted by Gasteiger charge is 2.15. The molecule has 1 atom stereocenters. The van der Waals surface area contributed by atoms with Crippen LogP contribution in [-0.4, -0.2) is 52.3 Å². The minimum absolute atomic E-state index is 0.271. The molecule has 1 fully saturated rings. The van der Waals surface area contributed by atoms with Crippen molar-refractivity contribution in [1.82, 2.24) is 25.4 Å². The van der Waals surface area contributed by atoms with Crippen LogP contribution in [0.2, 0.25) is 0 Å². The monoisotopic (exact) mass is 388 g/mol. The SMILES string of the molecule is Cc1nnc(CN=C(NCCSc2ccccc2)NCC2CCCO2)n1C. The van der Waals surface area contributed by atoms with E-state index in [0.717, 1.165) is 55.9 Å². The zero-order valence-corrected chi connectivity index (χ0v) is 16.8. The molecular weight excluding hydrogens is 360 g/mol. The molecule has 27 heavy (non-hydrogen) atoms. The van der Waals surface area contributed by atoms with Gasteiger partial charge in [-0.15, -0.1) is 22.0 Å². The topological polar surface area (TPSA) is 76.4 Å². The molecule has 0 radical (unpaired) electrons. The molecule has 1 aliphatic heterocycles. The van der Waals surface area contributed by atoms with Crippen LogP contribution >= 0.6 is 11.8 Å². The van der Waals surface area contributed by atoms with Gasteiger partial charge in [-0.2, -0.15) is 0 Å². The van der Waals surface area contributed by atoms with Gasteiger partial charge >= 0.3 is 0 Å². The third-order valence-corrected chi connectivity index (χ3v) is 5.50. The summed E-state index contributed by atoms with van der Waals surface area (Å²) in [5, 5.41) is 15.1. The smallest absolute Gasteiger partial charge is 0.191 e. The summed E-state index contributed by atoms with van der Waals surface area (Å²) in [6.45, 7) is 4.89. The molecule has 0 amide bonds. The van der Waals surface area contributed by atoms with Gasteiger partial charge in [-0.05, 0) is 31.9 Å². The number of ether oxygens (including phenoxy) is 1. The van der Waals surface area contributed by atoms with Crippen LogP contribution in [0.5, 0.6) is 0 Å². The zero-order valence-electron chi connectivity index (χ0n) is 16.0. The number of aromatic nitrogens is 3. The molecule has 0 saturated carbocycles. The van der Waals surface area contributed by atoms with Crippen molar-refractivity contribution >= 4 is 17.7 Å². The summed E-state index contributed by atoms with van der Waals surface area (Å²) in [6, 6.07) is 10.4. The summed E-state index contributed by atoms with van der Waals surface area (Å²) in [5.74, 6) is 3.50. The average molecular weight is 389 g/mol. The van der Waals surface area contributed by atoms with Crippen molar-refractivity contribution in [2.75, 3.05) is 25.4 Å². The fourth-order valence-electron chi connectivity index (χ4n) is 2.78. The predicted octanol–water partition coefficient (Wildman–Crippen LogP) is 2.13. The van der Waals surface area contributed by atoms with Crippen LogP contribution in [0.3, 0.4) is 0 Å². The lowest BCUT2D eigenvalue weighted by atomic mass is 10.2. The molecule has 1 aromatic carbocycles. The lowest BCUT2D eigenvalue weighted by Crippen LogP contribution is -2.42. The van der Waals surface area contributed by atoms with Crippen LogP contribution in [-0.2, 0) is 18.3 Å². The Morgan fingerprint density at radius 1 is 1.30 bits per heavy atom. The lowest BCUT2D eigenvalue weighted by Gasteiger charge is -2.15.